The van der Waals surface area contributed by atoms with Crippen LogP contribution in [0.5, 0.6) is 0 Å². The van der Waals surface area contributed by atoms with Gasteiger partial charge in [0.05, 0.1) is 5.56 Å². The summed E-state index contributed by atoms with van der Waals surface area (Å²) in [4.78, 5) is 13.0. The molecule has 0 fully saturated rings. The largest absolute Gasteiger partial charge is 0.345 e. The van der Waals surface area contributed by atoms with E-state index in [0.29, 0.717) is 11.1 Å². The molecule has 0 saturated heterocycles. The van der Waals surface area contributed by atoms with E-state index >= 15 is 0 Å². The SMILES string of the molecule is Cc1c(C(=O)N(C)C)csc1S(N)(=O)=O. The molecule has 1 amide bonds. The Hall–Kier alpha value is -0.920. The maximum Gasteiger partial charge on any atom is 0.254 e. The van der Waals surface area contributed by atoms with Crippen molar-refractivity contribution in [2.45, 2.75) is 11.1 Å². The third-order valence-corrected chi connectivity index (χ3v) is 4.57. The Morgan fingerprint density at radius 1 is 1.47 bits per heavy atom. The van der Waals surface area contributed by atoms with E-state index in [2.05, 4.69) is 0 Å². The molecule has 0 radical (unpaired) electrons. The Bertz CT molecular complexity index is 488. The lowest BCUT2D eigenvalue weighted by atomic mass is 10.2. The van der Waals surface area contributed by atoms with Gasteiger partial charge in [0.2, 0.25) is 10.0 Å². The van der Waals surface area contributed by atoms with E-state index in [1.165, 1.54) is 10.3 Å². The number of thiophene rings is 1. The van der Waals surface area contributed by atoms with Crippen LogP contribution in [0.3, 0.4) is 0 Å². The molecular formula is C8H12N2O3S2. The fourth-order valence-corrected chi connectivity index (χ4v) is 3.14. The van der Waals surface area contributed by atoms with Crippen molar-refractivity contribution >= 4 is 27.3 Å². The smallest absolute Gasteiger partial charge is 0.254 e. The van der Waals surface area contributed by atoms with Gasteiger partial charge in [-0.2, -0.15) is 0 Å². The van der Waals surface area contributed by atoms with Crippen LogP contribution in [-0.4, -0.2) is 33.3 Å². The van der Waals surface area contributed by atoms with Crippen LogP contribution < -0.4 is 5.14 Å². The number of sulfonamides is 1. The molecule has 7 heteroatoms. The zero-order chi connectivity index (χ0) is 11.8. The second-order valence-corrected chi connectivity index (χ2v) is 5.94. The standard InChI is InChI=1S/C8H12N2O3S2/c1-5-6(7(11)10(2)3)4-14-8(5)15(9,12)13/h4H,1-3H3,(H2,9,12,13). The van der Waals surface area contributed by atoms with Crippen molar-refractivity contribution in [3.63, 3.8) is 0 Å². The third-order valence-electron chi connectivity index (χ3n) is 1.89. The maximum absolute atomic E-state index is 11.6. The summed E-state index contributed by atoms with van der Waals surface area (Å²) in [6.45, 7) is 1.58. The first-order valence-electron chi connectivity index (χ1n) is 4.07. The number of nitrogens with two attached hydrogens (primary N) is 1. The normalized spacial score (nSPS) is 11.5. The fourth-order valence-electron chi connectivity index (χ4n) is 1.13. The van der Waals surface area contributed by atoms with Gasteiger partial charge in [0.25, 0.3) is 5.91 Å². The van der Waals surface area contributed by atoms with Crippen molar-refractivity contribution in [3.05, 3.63) is 16.5 Å². The summed E-state index contributed by atoms with van der Waals surface area (Å²) in [5.74, 6) is -0.223. The second-order valence-electron chi connectivity index (χ2n) is 3.31. The first kappa shape index (κ1) is 12.2. The zero-order valence-corrected chi connectivity index (χ0v) is 10.3. The van der Waals surface area contributed by atoms with Crippen molar-refractivity contribution in [1.82, 2.24) is 4.90 Å². The molecule has 1 aromatic heterocycles. The fraction of sp³-hybridized carbons (Fsp3) is 0.375. The molecular weight excluding hydrogens is 236 g/mol. The number of carbonyl (C=O) groups is 1. The molecule has 0 aromatic carbocycles. The minimum Gasteiger partial charge on any atom is -0.345 e. The summed E-state index contributed by atoms with van der Waals surface area (Å²) < 4.78 is 22.3. The Kier molecular flexibility index (Phi) is 3.17. The second kappa shape index (κ2) is 3.92. The first-order chi connectivity index (χ1) is 6.75. The van der Waals surface area contributed by atoms with Crippen LogP contribution in [0, 0.1) is 6.92 Å². The van der Waals surface area contributed by atoms with E-state index in [9.17, 15) is 13.2 Å². The van der Waals surface area contributed by atoms with Crippen LogP contribution in [0.4, 0.5) is 0 Å². The van der Waals surface area contributed by atoms with Gasteiger partial charge in [0.1, 0.15) is 4.21 Å². The van der Waals surface area contributed by atoms with Gasteiger partial charge in [-0.15, -0.1) is 11.3 Å². The highest BCUT2D eigenvalue weighted by atomic mass is 32.2. The third kappa shape index (κ3) is 2.36. The minimum absolute atomic E-state index is 0.0488. The summed E-state index contributed by atoms with van der Waals surface area (Å²) in [6, 6.07) is 0. The summed E-state index contributed by atoms with van der Waals surface area (Å²) in [6.07, 6.45) is 0. The van der Waals surface area contributed by atoms with Gasteiger partial charge in [-0.05, 0) is 12.5 Å². The molecule has 0 aliphatic heterocycles. The van der Waals surface area contributed by atoms with E-state index in [1.54, 1.807) is 21.0 Å². The molecule has 15 heavy (non-hydrogen) atoms. The zero-order valence-electron chi connectivity index (χ0n) is 8.64. The highest BCUT2D eigenvalue weighted by molar-refractivity contribution is 7.91. The molecule has 1 heterocycles. The molecule has 0 atom stereocenters. The molecule has 0 bridgehead atoms. The van der Waals surface area contributed by atoms with Gasteiger partial charge in [-0.25, -0.2) is 13.6 Å². The molecule has 0 unspecified atom stereocenters. The lowest BCUT2D eigenvalue weighted by molar-refractivity contribution is 0.0827. The van der Waals surface area contributed by atoms with Crippen LogP contribution in [0.15, 0.2) is 9.59 Å². The highest BCUT2D eigenvalue weighted by Gasteiger charge is 2.21. The van der Waals surface area contributed by atoms with Crippen LogP contribution >= 0.6 is 11.3 Å². The molecule has 0 saturated carbocycles. The van der Waals surface area contributed by atoms with E-state index in [-0.39, 0.29) is 10.1 Å². The lowest BCUT2D eigenvalue weighted by Gasteiger charge is -2.09. The van der Waals surface area contributed by atoms with Gasteiger partial charge in [-0.3, -0.25) is 4.79 Å². The van der Waals surface area contributed by atoms with Crippen LogP contribution in [-0.2, 0) is 10.0 Å². The first-order valence-corrected chi connectivity index (χ1v) is 6.50. The van der Waals surface area contributed by atoms with E-state index in [1.807, 2.05) is 0 Å². The number of primary sulfonamides is 1. The number of amides is 1. The van der Waals surface area contributed by atoms with Crippen molar-refractivity contribution in [2.24, 2.45) is 5.14 Å². The van der Waals surface area contributed by atoms with Crippen molar-refractivity contribution < 1.29 is 13.2 Å². The topological polar surface area (TPSA) is 80.5 Å². The van der Waals surface area contributed by atoms with Crippen molar-refractivity contribution in [3.8, 4) is 0 Å². The van der Waals surface area contributed by atoms with Crippen molar-refractivity contribution in [1.29, 1.82) is 0 Å². The highest BCUT2D eigenvalue weighted by Crippen LogP contribution is 2.25. The number of nitrogens with zero attached hydrogens (tertiary/aromatic N) is 1. The van der Waals surface area contributed by atoms with E-state index in [0.717, 1.165) is 11.3 Å². The predicted octanol–water partition coefficient (Wildman–Crippen LogP) is 0.406. The van der Waals surface area contributed by atoms with E-state index < -0.39 is 10.0 Å². The Morgan fingerprint density at radius 2 is 2.00 bits per heavy atom. The Balaban J connectivity index is 3.28. The average Bonchev–Trinajstić information content (AvgIpc) is 2.44. The van der Waals surface area contributed by atoms with Gasteiger partial charge < -0.3 is 4.90 Å². The predicted molar refractivity (Wildman–Crippen MR) is 58.4 cm³/mol. The summed E-state index contributed by atoms with van der Waals surface area (Å²) >= 11 is 0.968. The van der Waals surface area contributed by atoms with Crippen molar-refractivity contribution in [2.75, 3.05) is 14.1 Å². The summed E-state index contributed by atoms with van der Waals surface area (Å²) in [7, 11) is -0.510. The monoisotopic (exact) mass is 248 g/mol. The van der Waals surface area contributed by atoms with Crippen LogP contribution in [0.25, 0.3) is 0 Å². The molecule has 1 rings (SSSR count). The van der Waals surface area contributed by atoms with Crippen LogP contribution in [0.1, 0.15) is 15.9 Å². The Labute approximate surface area is 92.6 Å². The quantitative estimate of drug-likeness (QED) is 0.823. The molecule has 0 aliphatic carbocycles. The summed E-state index contributed by atoms with van der Waals surface area (Å²) in [5.41, 5.74) is 0.801. The van der Waals surface area contributed by atoms with Gasteiger partial charge >= 0.3 is 0 Å². The Morgan fingerprint density at radius 3 is 2.33 bits per heavy atom. The van der Waals surface area contributed by atoms with Gasteiger partial charge in [0.15, 0.2) is 0 Å². The molecule has 84 valence electrons. The average molecular weight is 248 g/mol. The van der Waals surface area contributed by atoms with Crippen LogP contribution in [0.2, 0.25) is 0 Å². The van der Waals surface area contributed by atoms with E-state index in [4.69, 9.17) is 5.14 Å². The number of carbonyl (C=O) groups excluding carboxylic acids is 1. The molecule has 0 spiro atoms. The molecule has 2 N–H and O–H groups in total. The summed E-state index contributed by atoms with van der Waals surface area (Å²) in [5, 5.41) is 6.52. The van der Waals surface area contributed by atoms with Gasteiger partial charge in [0, 0.05) is 19.5 Å². The minimum atomic E-state index is -3.72. The molecule has 0 aliphatic rings. The maximum atomic E-state index is 11.6. The van der Waals surface area contributed by atoms with Gasteiger partial charge in [-0.1, -0.05) is 0 Å². The lowest BCUT2D eigenvalue weighted by Crippen LogP contribution is -2.22. The molecule has 1 aromatic rings. The number of hydrogen-bond donors (Lipinski definition) is 1. The molecule has 5 nitrogen and oxygen atoms in total. The number of rotatable bonds is 2. The number of hydrogen-bond acceptors (Lipinski definition) is 4.